The molecule has 14 aromatic carbocycles. The summed E-state index contributed by atoms with van der Waals surface area (Å²) in [5, 5.41) is 23.5. The van der Waals surface area contributed by atoms with Gasteiger partial charge in [-0.2, -0.15) is 31.6 Å². The van der Waals surface area contributed by atoms with Crippen LogP contribution >= 0.6 is 0 Å². The molecule has 0 N–H and O–H groups in total. The first-order valence-corrected chi connectivity index (χ1v) is 32.8. The number of hydrogen-bond acceptors (Lipinski definition) is 1. The van der Waals surface area contributed by atoms with E-state index in [0.717, 1.165) is 138 Å². The van der Waals surface area contributed by atoms with E-state index in [-0.39, 0.29) is 17.2 Å². The lowest BCUT2D eigenvalue weighted by Crippen LogP contribution is -2.13. The molecule has 0 unspecified atom stereocenters. The molecular weight excluding hydrogens is 1260 g/mol. The van der Waals surface area contributed by atoms with Crippen molar-refractivity contribution in [3.63, 3.8) is 0 Å². The normalized spacial score (nSPS) is 12.5. The minimum absolute atomic E-state index is 0.153. The van der Waals surface area contributed by atoms with Gasteiger partial charge in [0.05, 0.1) is 100 Å². The van der Waals surface area contributed by atoms with Crippen LogP contribution in [0.2, 0.25) is 0 Å². The number of para-hydroxylation sites is 8. The molecule has 0 spiro atoms. The molecule has 0 saturated heterocycles. The molecule has 13 heteroatoms. The maximum absolute atomic E-state index is 16.0. The van der Waals surface area contributed by atoms with Gasteiger partial charge in [-0.25, -0.2) is 0 Å². The highest BCUT2D eigenvalue weighted by Crippen LogP contribution is 2.48. The second kappa shape index (κ2) is 21.0. The standard InChI is InChI=1S/C87H49F6N7/c88-86(89,90)52-33-38-57(71(44-52)87(91,92)93)70-49-85(100-82-47-55(97-76-29-13-5-21-62(76)63-22-6-14-30-77(63)97)36-41-68(82)69-42-37-56(48-83(69)100)98-78-31-15-7-23-64(78)65-24-8-16-32-79(65)98)84(43-51(70)50-94)99-80-45-53(95-72-25-9-1-17-58(72)59-18-2-10-26-73(59)95)34-39-66(80)67-40-35-54(46-81(67)99)96-74-27-11-3-19-60(74)61-20-4-12-28-75(61)96/h1-49H. The first-order chi connectivity index (χ1) is 48.9. The van der Waals surface area contributed by atoms with Crippen LogP contribution in [0.15, 0.2) is 297 Å². The molecule has 0 aliphatic carbocycles. The summed E-state index contributed by atoms with van der Waals surface area (Å²) in [7, 11) is 0. The summed E-state index contributed by atoms with van der Waals surface area (Å²) >= 11 is 0. The van der Waals surface area contributed by atoms with Gasteiger partial charge in [0.15, 0.2) is 0 Å². The molecule has 474 valence electrons. The predicted octanol–water partition coefficient (Wildman–Crippen LogP) is 23.8. The van der Waals surface area contributed by atoms with Gasteiger partial charge in [-0.15, -0.1) is 0 Å². The highest BCUT2D eigenvalue weighted by molar-refractivity contribution is 6.17. The van der Waals surface area contributed by atoms with Crippen LogP contribution in [-0.4, -0.2) is 27.4 Å². The lowest BCUT2D eigenvalue weighted by Gasteiger charge is -2.22. The highest BCUT2D eigenvalue weighted by atomic mass is 19.4. The van der Waals surface area contributed by atoms with E-state index in [0.29, 0.717) is 39.5 Å². The number of alkyl halides is 6. The van der Waals surface area contributed by atoms with Gasteiger partial charge < -0.3 is 27.4 Å². The first kappa shape index (κ1) is 57.2. The zero-order valence-electron chi connectivity index (χ0n) is 52.7. The van der Waals surface area contributed by atoms with E-state index in [1.54, 1.807) is 12.1 Å². The van der Waals surface area contributed by atoms with E-state index in [4.69, 9.17) is 0 Å². The van der Waals surface area contributed by atoms with Gasteiger partial charge in [-0.05, 0) is 127 Å². The van der Waals surface area contributed by atoms with Crippen molar-refractivity contribution in [1.82, 2.24) is 27.4 Å². The number of nitriles is 1. The van der Waals surface area contributed by atoms with Crippen molar-refractivity contribution < 1.29 is 26.3 Å². The average Bonchev–Trinajstić information content (AvgIpc) is 1.53. The van der Waals surface area contributed by atoms with Crippen LogP contribution in [0.3, 0.4) is 0 Å². The number of halogens is 6. The summed E-state index contributed by atoms with van der Waals surface area (Å²) in [5.41, 5.74) is 10.3. The Labute approximate surface area is 564 Å². The van der Waals surface area contributed by atoms with Crippen LogP contribution in [0.5, 0.6) is 0 Å². The van der Waals surface area contributed by atoms with Gasteiger partial charge in [0, 0.05) is 92.9 Å². The minimum Gasteiger partial charge on any atom is -0.309 e. The molecule has 20 rings (SSSR count). The van der Waals surface area contributed by atoms with Gasteiger partial charge in [-0.3, -0.25) is 0 Å². The highest BCUT2D eigenvalue weighted by Gasteiger charge is 2.39. The summed E-state index contributed by atoms with van der Waals surface area (Å²) < 4.78 is 105. The fraction of sp³-hybridized carbons (Fsp3) is 0.0230. The number of rotatable bonds is 7. The topological polar surface area (TPSA) is 53.4 Å². The molecule has 20 aromatic rings. The second-order valence-corrected chi connectivity index (χ2v) is 25.7. The van der Waals surface area contributed by atoms with Gasteiger partial charge in [0.25, 0.3) is 0 Å². The quantitative estimate of drug-likeness (QED) is 0.147. The summed E-state index contributed by atoms with van der Waals surface area (Å²) in [6, 6.07) is 98.5. The molecule has 6 aromatic heterocycles. The summed E-state index contributed by atoms with van der Waals surface area (Å²) in [5.74, 6) is 0. The van der Waals surface area contributed by atoms with E-state index < -0.39 is 29.0 Å². The Bertz CT molecular complexity index is 6420. The largest absolute Gasteiger partial charge is 0.417 e. The van der Waals surface area contributed by atoms with Crippen LogP contribution < -0.4 is 0 Å². The predicted molar refractivity (Wildman–Crippen MR) is 393 cm³/mol. The lowest BCUT2D eigenvalue weighted by molar-refractivity contribution is -0.142. The molecule has 0 fully saturated rings. The monoisotopic (exact) mass is 1310 g/mol. The maximum Gasteiger partial charge on any atom is 0.417 e. The van der Waals surface area contributed by atoms with Crippen LogP contribution in [-0.2, 0) is 12.4 Å². The van der Waals surface area contributed by atoms with E-state index in [9.17, 15) is 18.4 Å². The van der Waals surface area contributed by atoms with Crippen LogP contribution in [0, 0.1) is 11.3 Å². The Morgan fingerprint density at radius 2 is 0.490 bits per heavy atom. The van der Waals surface area contributed by atoms with Crippen LogP contribution in [0.1, 0.15) is 16.7 Å². The molecule has 6 heterocycles. The van der Waals surface area contributed by atoms with Crippen molar-refractivity contribution in [2.45, 2.75) is 12.4 Å². The minimum atomic E-state index is -5.30. The Morgan fingerprint density at radius 1 is 0.230 bits per heavy atom. The summed E-state index contributed by atoms with van der Waals surface area (Å²) in [6.45, 7) is 0. The van der Waals surface area contributed by atoms with Crippen LogP contribution in [0.25, 0.3) is 176 Å². The molecule has 0 aliphatic heterocycles. The van der Waals surface area contributed by atoms with Crippen molar-refractivity contribution in [2.75, 3.05) is 0 Å². The van der Waals surface area contributed by atoms with Crippen LogP contribution in [0.4, 0.5) is 26.3 Å². The zero-order valence-corrected chi connectivity index (χ0v) is 52.7. The third-order valence-corrected chi connectivity index (χ3v) is 20.5. The van der Waals surface area contributed by atoms with Gasteiger partial charge in [-0.1, -0.05) is 176 Å². The molecule has 0 atom stereocenters. The second-order valence-electron chi connectivity index (χ2n) is 25.7. The van der Waals surface area contributed by atoms with Gasteiger partial charge in [0.1, 0.15) is 0 Å². The number of fused-ring (bicyclic) bond motifs is 18. The van der Waals surface area contributed by atoms with E-state index in [1.807, 2.05) is 97.1 Å². The molecule has 0 aliphatic rings. The van der Waals surface area contributed by atoms with E-state index in [2.05, 4.69) is 203 Å². The Hall–Kier alpha value is -13.1. The SMILES string of the molecule is N#Cc1cc(-n2c3cc(-n4c5ccccc5c5ccccc54)ccc3c3ccc(-n4c5ccccc5c5ccccc54)cc32)c(-n2c3cc(-n4c5ccccc5c5ccccc54)ccc3c3ccc(-n4c5ccccc5c5ccccc54)cc32)cc1-c1ccc(C(F)(F)F)cc1C(F)(F)F. The Morgan fingerprint density at radius 3 is 0.750 bits per heavy atom. The fourth-order valence-corrected chi connectivity index (χ4v) is 16.3. The lowest BCUT2D eigenvalue weighted by atomic mass is 9.92. The van der Waals surface area contributed by atoms with E-state index in [1.165, 1.54) is 0 Å². The Balaban J connectivity index is 0.976. The fourth-order valence-electron chi connectivity index (χ4n) is 16.3. The smallest absolute Gasteiger partial charge is 0.309 e. The average molecular weight is 1310 g/mol. The third-order valence-electron chi connectivity index (χ3n) is 20.5. The van der Waals surface area contributed by atoms with Crippen molar-refractivity contribution in [1.29, 1.82) is 5.26 Å². The number of benzene rings is 14. The van der Waals surface area contributed by atoms with Crippen molar-refractivity contribution in [3.05, 3.63) is 314 Å². The molecule has 0 amide bonds. The number of nitrogens with zero attached hydrogens (tertiary/aromatic N) is 7. The molecule has 0 bridgehead atoms. The molecule has 0 radical (unpaired) electrons. The zero-order chi connectivity index (χ0) is 67.0. The van der Waals surface area contributed by atoms with Crippen molar-refractivity contribution in [3.8, 4) is 51.3 Å². The molecule has 100 heavy (non-hydrogen) atoms. The first-order valence-electron chi connectivity index (χ1n) is 32.8. The molecular formula is C87H49F6N7. The molecule has 7 nitrogen and oxygen atoms in total. The van der Waals surface area contributed by atoms with Gasteiger partial charge >= 0.3 is 12.4 Å². The van der Waals surface area contributed by atoms with Crippen molar-refractivity contribution in [2.24, 2.45) is 0 Å². The van der Waals surface area contributed by atoms with Gasteiger partial charge in [0.2, 0.25) is 0 Å². The third kappa shape index (κ3) is 8.22. The van der Waals surface area contributed by atoms with Crippen molar-refractivity contribution >= 4 is 131 Å². The summed E-state index contributed by atoms with van der Waals surface area (Å²) in [4.78, 5) is 0. The number of aromatic nitrogens is 6. The molecule has 0 saturated carbocycles. The summed E-state index contributed by atoms with van der Waals surface area (Å²) in [6.07, 6.45) is -10.4. The Kier molecular flexibility index (Phi) is 12.0. The number of hydrogen-bond donors (Lipinski definition) is 0. The van der Waals surface area contributed by atoms with E-state index >= 15 is 13.2 Å². The maximum atomic E-state index is 16.0.